The quantitative estimate of drug-likeness (QED) is 0.273. The van der Waals surface area contributed by atoms with Crippen LogP contribution in [0.5, 0.6) is 6.01 Å². The monoisotopic (exact) mass is 620 g/mol. The Bertz CT molecular complexity index is 1590. The molecule has 3 aromatic rings. The molecular formula is C32H34ClFN6O4. The first-order chi connectivity index (χ1) is 21.4. The molecule has 0 aliphatic carbocycles. The van der Waals surface area contributed by atoms with Crippen LogP contribution < -0.4 is 9.64 Å². The molecule has 0 N–H and O–H groups in total. The van der Waals surface area contributed by atoms with Crippen molar-refractivity contribution >= 4 is 34.1 Å². The van der Waals surface area contributed by atoms with Crippen LogP contribution >= 0.6 is 11.6 Å². The summed E-state index contributed by atoms with van der Waals surface area (Å²) in [5.74, 6) is -1.17. The normalized spacial score (nSPS) is 20.7. The number of hydrogen-bond acceptors (Lipinski definition) is 8. The summed E-state index contributed by atoms with van der Waals surface area (Å²) in [5.41, 5.74) is 2.64. The molecule has 1 aromatic heterocycles. The van der Waals surface area contributed by atoms with Gasteiger partial charge < -0.3 is 28.9 Å². The number of morpholine rings is 1. The highest BCUT2D eigenvalue weighted by atomic mass is 35.5. The lowest BCUT2D eigenvalue weighted by molar-refractivity contribution is -0.131. The minimum absolute atomic E-state index is 0.0338. The van der Waals surface area contributed by atoms with Gasteiger partial charge in [-0.05, 0) is 17.0 Å². The predicted octanol–water partition coefficient (Wildman–Crippen LogP) is 4.23. The van der Waals surface area contributed by atoms with Gasteiger partial charge in [0.25, 0.3) is 5.91 Å². The summed E-state index contributed by atoms with van der Waals surface area (Å²) in [4.78, 5) is 31.4. The number of fused-ring (bicyclic) bond motifs is 2. The van der Waals surface area contributed by atoms with Crippen molar-refractivity contribution in [2.45, 2.75) is 25.2 Å². The number of anilines is 1. The van der Waals surface area contributed by atoms with Gasteiger partial charge in [0, 0.05) is 61.7 Å². The van der Waals surface area contributed by atoms with E-state index in [1.807, 2.05) is 41.3 Å². The van der Waals surface area contributed by atoms with Crippen molar-refractivity contribution < 1.29 is 23.4 Å². The Hall–Kier alpha value is -3.82. The molecule has 4 heterocycles. The maximum Gasteiger partial charge on any atom is 0.318 e. The molecule has 1 unspecified atom stereocenters. The molecule has 2 saturated heterocycles. The third-order valence-corrected chi connectivity index (χ3v) is 8.73. The number of amides is 1. The Kier molecular flexibility index (Phi) is 9.23. The number of hydrogen-bond donors (Lipinski definition) is 0. The lowest BCUT2D eigenvalue weighted by Crippen LogP contribution is -2.57. The highest BCUT2D eigenvalue weighted by Gasteiger charge is 2.37. The minimum Gasteiger partial charge on any atom is -0.462 e. The first-order valence-corrected chi connectivity index (χ1v) is 15.2. The second-order valence-corrected chi connectivity index (χ2v) is 11.5. The van der Waals surface area contributed by atoms with E-state index in [-0.39, 0.29) is 31.8 Å². The maximum atomic E-state index is 13.8. The second kappa shape index (κ2) is 13.4. The highest BCUT2D eigenvalue weighted by molar-refractivity contribution is 6.35. The Morgan fingerprint density at radius 2 is 1.95 bits per heavy atom. The average Bonchev–Trinajstić information content (AvgIpc) is 3.04. The number of aromatic nitrogens is 2. The molecule has 3 aliphatic heterocycles. The van der Waals surface area contributed by atoms with E-state index in [1.54, 1.807) is 0 Å². The van der Waals surface area contributed by atoms with Crippen LogP contribution in [-0.4, -0.2) is 97.4 Å². The Balaban J connectivity index is 1.30. The van der Waals surface area contributed by atoms with Crippen LogP contribution in [0.1, 0.15) is 22.9 Å². The summed E-state index contributed by atoms with van der Waals surface area (Å²) in [6.45, 7) is 16.1. The number of carbonyl (C=O) groups is 1. The summed E-state index contributed by atoms with van der Waals surface area (Å²) in [6, 6.07) is 11.7. The molecular weight excluding hydrogens is 587 g/mol. The molecule has 44 heavy (non-hydrogen) atoms. The number of rotatable bonds is 8. The summed E-state index contributed by atoms with van der Waals surface area (Å²) in [6.07, 6.45) is 0.204. The Morgan fingerprint density at radius 1 is 1.16 bits per heavy atom. The van der Waals surface area contributed by atoms with E-state index >= 15 is 0 Å². The van der Waals surface area contributed by atoms with Gasteiger partial charge in [0.1, 0.15) is 18.5 Å². The van der Waals surface area contributed by atoms with Crippen LogP contribution in [0, 0.1) is 6.57 Å². The van der Waals surface area contributed by atoms with E-state index in [1.165, 1.54) is 4.90 Å². The number of halogens is 2. The molecule has 0 saturated carbocycles. The molecule has 1 amide bonds. The van der Waals surface area contributed by atoms with E-state index in [2.05, 4.69) is 16.3 Å². The van der Waals surface area contributed by atoms with Crippen molar-refractivity contribution in [3.63, 3.8) is 0 Å². The molecule has 12 heteroatoms. The van der Waals surface area contributed by atoms with Crippen molar-refractivity contribution in [1.82, 2.24) is 19.8 Å². The van der Waals surface area contributed by atoms with Gasteiger partial charge in [0.2, 0.25) is 6.54 Å². The number of nitrogens with zero attached hydrogens (tertiary/aromatic N) is 6. The molecule has 0 spiro atoms. The summed E-state index contributed by atoms with van der Waals surface area (Å²) < 4.78 is 31.8. The lowest BCUT2D eigenvalue weighted by atomic mass is 9.94. The summed E-state index contributed by atoms with van der Waals surface area (Å²) in [7, 11) is 0. The third-order valence-electron chi connectivity index (χ3n) is 8.41. The zero-order chi connectivity index (χ0) is 30.6. The van der Waals surface area contributed by atoms with Gasteiger partial charge in [-0.15, -0.1) is 0 Å². The van der Waals surface area contributed by atoms with Gasteiger partial charge in [-0.1, -0.05) is 48.5 Å². The largest absolute Gasteiger partial charge is 0.462 e. The van der Waals surface area contributed by atoms with Gasteiger partial charge in [-0.25, -0.2) is 11.0 Å². The predicted molar refractivity (Wildman–Crippen MR) is 164 cm³/mol. The maximum absolute atomic E-state index is 13.8. The third kappa shape index (κ3) is 6.35. The molecule has 2 fully saturated rings. The first kappa shape index (κ1) is 30.2. The van der Waals surface area contributed by atoms with E-state index < -0.39 is 17.8 Å². The van der Waals surface area contributed by atoms with Gasteiger partial charge in [-0.3, -0.25) is 9.69 Å². The molecule has 2 aromatic carbocycles. The lowest BCUT2D eigenvalue weighted by Gasteiger charge is -2.40. The Morgan fingerprint density at radius 3 is 2.73 bits per heavy atom. The van der Waals surface area contributed by atoms with Crippen LogP contribution in [0.4, 0.5) is 10.2 Å². The van der Waals surface area contributed by atoms with Crippen LogP contribution in [0.3, 0.4) is 0 Å². The van der Waals surface area contributed by atoms with E-state index in [0.717, 1.165) is 47.2 Å². The summed E-state index contributed by atoms with van der Waals surface area (Å²) in [5, 5.41) is 2.66. The van der Waals surface area contributed by atoms with E-state index in [4.69, 9.17) is 42.4 Å². The topological polar surface area (TPSA) is 84.6 Å². The van der Waals surface area contributed by atoms with Gasteiger partial charge in [0.05, 0.1) is 31.6 Å². The van der Waals surface area contributed by atoms with Crippen molar-refractivity contribution in [2.75, 3.05) is 70.5 Å². The number of ether oxygens (including phenoxy) is 3. The second-order valence-electron chi connectivity index (χ2n) is 11.1. The van der Waals surface area contributed by atoms with Crippen molar-refractivity contribution in [3.05, 3.63) is 82.1 Å². The van der Waals surface area contributed by atoms with Crippen LogP contribution in [0.2, 0.25) is 5.02 Å². The molecule has 0 bridgehead atoms. The smallest absolute Gasteiger partial charge is 0.318 e. The van der Waals surface area contributed by atoms with Gasteiger partial charge in [0.15, 0.2) is 5.83 Å². The van der Waals surface area contributed by atoms with Crippen LogP contribution in [0.15, 0.2) is 48.8 Å². The Labute approximate surface area is 260 Å². The fourth-order valence-electron chi connectivity index (χ4n) is 6.17. The van der Waals surface area contributed by atoms with Crippen LogP contribution in [-0.2, 0) is 27.3 Å². The number of benzene rings is 2. The standard InChI is InChI=1S/C32H34ClFN6O4/c1-21(34)31(41)40-10-9-39(19-23(40)18-35-2)30-25-20-44-28(24-7-3-5-22-6-4-8-26(33)29(22)24)17-27(25)36-32(37-30)43-16-13-38-11-14-42-15-12-38/h3-8,23,28H,1,9-20H2/t23-,28?/m0/s1. The SMILES string of the molecule is [C-]#[N+]C[C@H]1CN(c2nc(OCCN3CCOCC3)nc3c2COC(c2cccc4cccc(Cl)c24)C3)CCN1C(=O)C(=C)F. The van der Waals surface area contributed by atoms with E-state index in [0.29, 0.717) is 50.2 Å². The molecule has 6 rings (SSSR count). The van der Waals surface area contributed by atoms with E-state index in [9.17, 15) is 9.18 Å². The summed E-state index contributed by atoms with van der Waals surface area (Å²) >= 11 is 6.65. The fourth-order valence-corrected chi connectivity index (χ4v) is 6.46. The average molecular weight is 621 g/mol. The first-order valence-electron chi connectivity index (χ1n) is 14.8. The van der Waals surface area contributed by atoms with Crippen molar-refractivity contribution in [2.24, 2.45) is 0 Å². The minimum atomic E-state index is -1.03. The molecule has 2 atom stereocenters. The molecule has 0 radical (unpaired) electrons. The van der Waals surface area contributed by atoms with Crippen molar-refractivity contribution in [3.8, 4) is 6.01 Å². The fraction of sp³-hybridized carbons (Fsp3) is 0.438. The highest BCUT2D eigenvalue weighted by Crippen LogP contribution is 2.39. The molecule has 230 valence electrons. The van der Waals surface area contributed by atoms with Gasteiger partial charge >= 0.3 is 6.01 Å². The molecule has 10 nitrogen and oxygen atoms in total. The zero-order valence-electron chi connectivity index (χ0n) is 24.4. The van der Waals surface area contributed by atoms with Gasteiger partial charge in [-0.2, -0.15) is 9.97 Å². The molecule has 3 aliphatic rings. The van der Waals surface area contributed by atoms with Crippen LogP contribution in [0.25, 0.3) is 15.6 Å². The number of carbonyl (C=O) groups excluding carboxylic acids is 1. The van der Waals surface area contributed by atoms with Crippen molar-refractivity contribution in [1.29, 1.82) is 0 Å². The zero-order valence-corrected chi connectivity index (χ0v) is 25.1. The number of piperazine rings is 1.